The van der Waals surface area contributed by atoms with E-state index < -0.39 is 0 Å². The first-order valence-electron chi connectivity index (χ1n) is 12.5. The van der Waals surface area contributed by atoms with Crippen molar-refractivity contribution < 1.29 is 0 Å². The van der Waals surface area contributed by atoms with Crippen LogP contribution in [-0.2, 0) is 13.1 Å². The highest BCUT2D eigenvalue weighted by molar-refractivity contribution is 6.35. The number of nitrogens with zero attached hydrogens (tertiary/aromatic N) is 6. The van der Waals surface area contributed by atoms with Crippen molar-refractivity contribution in [1.29, 1.82) is 0 Å². The van der Waals surface area contributed by atoms with Crippen LogP contribution in [0.15, 0.2) is 39.9 Å². The van der Waals surface area contributed by atoms with E-state index in [1.807, 2.05) is 55.7 Å². The van der Waals surface area contributed by atoms with Gasteiger partial charge in [-0.15, -0.1) is 10.2 Å². The Morgan fingerprint density at radius 1 is 0.944 bits per heavy atom. The summed E-state index contributed by atoms with van der Waals surface area (Å²) in [6, 6.07) is 10.2. The average molecular weight is 506 g/mol. The standard InChI is InChI=1S/C26H28ClN7O2/c1-4-32-21-13-17-18(14-22(21)33(5-2)26(32)36)24(30-29-23(17)27)31-10-8-16(9-11-31)34-20-7-6-15(3)12-19(20)28-25(34)35/h6-7,12-14,16H,4-5,8-11H2,1-3H3,(H,28,35). The number of aromatic amines is 1. The first kappa shape index (κ1) is 22.8. The van der Waals surface area contributed by atoms with Crippen LogP contribution in [0.4, 0.5) is 5.82 Å². The average Bonchev–Trinajstić information content (AvgIpc) is 3.34. The number of aromatic nitrogens is 6. The molecule has 2 aromatic carbocycles. The van der Waals surface area contributed by atoms with E-state index in [9.17, 15) is 9.59 Å². The van der Waals surface area contributed by atoms with Gasteiger partial charge in [0.2, 0.25) is 0 Å². The Kier molecular flexibility index (Phi) is 5.40. The molecule has 0 bridgehead atoms. The van der Waals surface area contributed by atoms with Gasteiger partial charge < -0.3 is 9.88 Å². The number of H-pyrrole nitrogens is 1. The highest BCUT2D eigenvalue weighted by Gasteiger charge is 2.26. The van der Waals surface area contributed by atoms with E-state index in [1.165, 1.54) is 0 Å². The molecule has 0 amide bonds. The van der Waals surface area contributed by atoms with E-state index in [1.54, 1.807) is 9.13 Å². The van der Waals surface area contributed by atoms with Crippen molar-refractivity contribution in [3.8, 4) is 0 Å². The lowest BCUT2D eigenvalue weighted by atomic mass is 10.0. The number of anilines is 1. The molecule has 0 atom stereocenters. The second kappa shape index (κ2) is 8.51. The van der Waals surface area contributed by atoms with E-state index in [4.69, 9.17) is 11.6 Å². The summed E-state index contributed by atoms with van der Waals surface area (Å²) in [7, 11) is 0. The van der Waals surface area contributed by atoms with Crippen molar-refractivity contribution in [1.82, 2.24) is 28.9 Å². The first-order valence-corrected chi connectivity index (χ1v) is 12.8. The van der Waals surface area contributed by atoms with Crippen molar-refractivity contribution in [2.75, 3.05) is 18.0 Å². The summed E-state index contributed by atoms with van der Waals surface area (Å²) >= 11 is 6.49. The molecule has 36 heavy (non-hydrogen) atoms. The summed E-state index contributed by atoms with van der Waals surface area (Å²) in [5.41, 5.74) is 4.58. The van der Waals surface area contributed by atoms with Gasteiger partial charge in [0.25, 0.3) is 0 Å². The molecule has 1 N–H and O–H groups in total. The van der Waals surface area contributed by atoms with Gasteiger partial charge in [-0.05, 0) is 63.4 Å². The van der Waals surface area contributed by atoms with Crippen LogP contribution in [0, 0.1) is 6.92 Å². The molecule has 0 saturated carbocycles. The summed E-state index contributed by atoms with van der Waals surface area (Å²) in [6.45, 7) is 8.59. The molecular weight excluding hydrogens is 478 g/mol. The van der Waals surface area contributed by atoms with Crippen molar-refractivity contribution >= 4 is 50.3 Å². The Hall–Kier alpha value is -3.59. The second-order valence-corrected chi connectivity index (χ2v) is 9.87. The molecule has 10 heteroatoms. The molecule has 0 aliphatic carbocycles. The first-order chi connectivity index (χ1) is 17.4. The number of hydrogen-bond donors (Lipinski definition) is 1. The second-order valence-electron chi connectivity index (χ2n) is 9.51. The zero-order valence-electron chi connectivity index (χ0n) is 20.6. The monoisotopic (exact) mass is 505 g/mol. The molecule has 1 fully saturated rings. The van der Waals surface area contributed by atoms with E-state index in [0.717, 1.165) is 70.2 Å². The number of aryl methyl sites for hydroxylation is 3. The van der Waals surface area contributed by atoms with Crippen LogP contribution in [-0.4, -0.2) is 42.0 Å². The summed E-state index contributed by atoms with van der Waals surface area (Å²) in [5, 5.41) is 10.7. The molecule has 6 rings (SSSR count). The SMILES string of the molecule is CCn1c(=O)n(CC)c2cc3c(N4CCC(n5c(=O)[nH]c6cc(C)ccc65)CC4)nnc(Cl)c3cc21. The molecule has 1 aliphatic rings. The number of nitrogens with one attached hydrogen (secondary N) is 1. The van der Waals surface area contributed by atoms with Crippen LogP contribution in [0.1, 0.15) is 38.3 Å². The maximum absolute atomic E-state index is 12.9. The smallest absolute Gasteiger partial charge is 0.329 e. The summed E-state index contributed by atoms with van der Waals surface area (Å²) < 4.78 is 5.45. The maximum Gasteiger partial charge on any atom is 0.329 e. The molecule has 3 aromatic heterocycles. The van der Waals surface area contributed by atoms with Gasteiger partial charge >= 0.3 is 11.4 Å². The van der Waals surface area contributed by atoms with Crippen LogP contribution in [0.5, 0.6) is 0 Å². The van der Waals surface area contributed by atoms with Gasteiger partial charge in [0, 0.05) is 43.0 Å². The third-order valence-electron chi connectivity index (χ3n) is 7.49. The molecule has 4 heterocycles. The third-order valence-corrected chi connectivity index (χ3v) is 7.77. The number of halogens is 1. The van der Waals surface area contributed by atoms with Gasteiger partial charge in [0.05, 0.1) is 22.1 Å². The van der Waals surface area contributed by atoms with Crippen LogP contribution >= 0.6 is 11.6 Å². The quantitative estimate of drug-likeness (QED) is 0.394. The topological polar surface area (TPSA) is 93.7 Å². The number of fused-ring (bicyclic) bond motifs is 3. The fourth-order valence-corrected chi connectivity index (χ4v) is 5.90. The molecule has 9 nitrogen and oxygen atoms in total. The van der Waals surface area contributed by atoms with Crippen molar-refractivity contribution in [2.45, 2.75) is 52.7 Å². The summed E-state index contributed by atoms with van der Waals surface area (Å²) in [5.74, 6) is 0.760. The van der Waals surface area contributed by atoms with E-state index in [-0.39, 0.29) is 17.4 Å². The Labute approximate surface area is 211 Å². The number of hydrogen-bond acceptors (Lipinski definition) is 5. The van der Waals surface area contributed by atoms with Crippen LogP contribution in [0.2, 0.25) is 5.15 Å². The van der Waals surface area contributed by atoms with Gasteiger partial charge in [0.1, 0.15) is 0 Å². The number of imidazole rings is 2. The highest BCUT2D eigenvalue weighted by atomic mass is 35.5. The van der Waals surface area contributed by atoms with E-state index in [0.29, 0.717) is 18.2 Å². The van der Waals surface area contributed by atoms with Crippen LogP contribution < -0.4 is 16.3 Å². The van der Waals surface area contributed by atoms with Crippen molar-refractivity contribution in [2.24, 2.45) is 0 Å². The lowest BCUT2D eigenvalue weighted by molar-refractivity contribution is 0.395. The lowest BCUT2D eigenvalue weighted by Crippen LogP contribution is -2.37. The number of benzene rings is 2. The number of piperidine rings is 1. The minimum absolute atomic E-state index is 0.0240. The Bertz CT molecular complexity index is 1750. The normalized spacial score (nSPS) is 15.1. The van der Waals surface area contributed by atoms with Crippen LogP contribution in [0.3, 0.4) is 0 Å². The van der Waals surface area contributed by atoms with Gasteiger partial charge in [0.15, 0.2) is 11.0 Å². The molecule has 0 radical (unpaired) electrons. The zero-order chi connectivity index (χ0) is 25.1. The zero-order valence-corrected chi connectivity index (χ0v) is 21.3. The summed E-state index contributed by atoms with van der Waals surface area (Å²) in [4.78, 5) is 30.9. The Balaban J connectivity index is 1.39. The molecule has 1 aliphatic heterocycles. The summed E-state index contributed by atoms with van der Waals surface area (Å²) in [6.07, 6.45) is 1.61. The molecule has 5 aromatic rings. The predicted octanol–water partition coefficient (Wildman–Crippen LogP) is 4.23. The Morgan fingerprint density at radius 2 is 1.61 bits per heavy atom. The lowest BCUT2D eigenvalue weighted by Gasteiger charge is -2.33. The molecule has 1 saturated heterocycles. The molecule has 0 spiro atoms. The molecular formula is C26H28ClN7O2. The van der Waals surface area contributed by atoms with Gasteiger partial charge in [-0.25, -0.2) is 9.59 Å². The minimum Gasteiger partial charge on any atom is -0.354 e. The van der Waals surface area contributed by atoms with Crippen molar-refractivity contribution in [3.63, 3.8) is 0 Å². The predicted molar refractivity (Wildman–Crippen MR) is 143 cm³/mol. The maximum atomic E-state index is 12.9. The Morgan fingerprint density at radius 3 is 2.28 bits per heavy atom. The van der Waals surface area contributed by atoms with Crippen LogP contribution in [0.25, 0.3) is 32.8 Å². The highest BCUT2D eigenvalue weighted by Crippen LogP contribution is 2.35. The molecule has 0 unspecified atom stereocenters. The van der Waals surface area contributed by atoms with Gasteiger partial charge in [-0.1, -0.05) is 17.7 Å². The van der Waals surface area contributed by atoms with E-state index >= 15 is 0 Å². The number of rotatable bonds is 4. The molecule has 186 valence electrons. The van der Waals surface area contributed by atoms with Crippen molar-refractivity contribution in [3.05, 3.63) is 62.0 Å². The van der Waals surface area contributed by atoms with Gasteiger partial charge in [-0.3, -0.25) is 13.7 Å². The fourth-order valence-electron chi connectivity index (χ4n) is 5.70. The fraction of sp³-hybridized carbons (Fsp3) is 0.385. The third kappa shape index (κ3) is 3.37. The van der Waals surface area contributed by atoms with Gasteiger partial charge in [-0.2, -0.15) is 0 Å². The largest absolute Gasteiger partial charge is 0.354 e. The van der Waals surface area contributed by atoms with E-state index in [2.05, 4.69) is 20.1 Å². The minimum atomic E-state index is -0.0638.